The number of hydrogen-bond donors (Lipinski definition) is 1. The topological polar surface area (TPSA) is 107 Å². The lowest BCUT2D eigenvalue weighted by Crippen LogP contribution is -2.36. The number of nitrogens with one attached hydrogen (secondary N) is 1. The molecule has 4 aromatic rings. The second-order valence-electron chi connectivity index (χ2n) is 10.2. The van der Waals surface area contributed by atoms with E-state index in [0.29, 0.717) is 22.0 Å². The molecule has 37 heavy (non-hydrogen) atoms. The molecule has 5 rings (SSSR count). The van der Waals surface area contributed by atoms with Crippen molar-refractivity contribution in [2.45, 2.75) is 71.5 Å². The highest BCUT2D eigenvalue weighted by Crippen LogP contribution is 2.20. The zero-order valence-corrected chi connectivity index (χ0v) is 21.4. The van der Waals surface area contributed by atoms with Gasteiger partial charge >= 0.3 is 5.69 Å². The van der Waals surface area contributed by atoms with Crippen LogP contribution in [0.25, 0.3) is 16.7 Å². The molecule has 1 aliphatic carbocycles. The van der Waals surface area contributed by atoms with Gasteiger partial charge in [-0.1, -0.05) is 49.1 Å². The van der Waals surface area contributed by atoms with E-state index in [0.717, 1.165) is 35.9 Å². The Bertz CT molecular complexity index is 1620. The Morgan fingerprint density at radius 2 is 1.68 bits per heavy atom. The van der Waals surface area contributed by atoms with Crippen LogP contribution in [0, 0.1) is 6.92 Å². The quantitative estimate of drug-likeness (QED) is 0.406. The SMILES string of the molecule is Cc1ccc(C(=O)Cn2nc3n(C(C)C)c(=O)c4ccc(C(=O)NC5CCCCC5)cc4n3c2=O)cc1. The highest BCUT2D eigenvalue weighted by atomic mass is 16.2. The van der Waals surface area contributed by atoms with Gasteiger partial charge in [0.15, 0.2) is 5.78 Å². The Morgan fingerprint density at radius 1 is 1.00 bits per heavy atom. The fourth-order valence-corrected chi connectivity index (χ4v) is 5.07. The van der Waals surface area contributed by atoms with Crippen molar-refractivity contribution in [3.8, 4) is 0 Å². The highest BCUT2D eigenvalue weighted by molar-refractivity contribution is 5.98. The van der Waals surface area contributed by atoms with Gasteiger partial charge < -0.3 is 5.32 Å². The van der Waals surface area contributed by atoms with E-state index in [4.69, 9.17) is 0 Å². The summed E-state index contributed by atoms with van der Waals surface area (Å²) in [6.45, 7) is 5.33. The number of benzene rings is 2. The van der Waals surface area contributed by atoms with E-state index in [1.54, 1.807) is 30.3 Å². The highest BCUT2D eigenvalue weighted by Gasteiger charge is 2.22. The van der Waals surface area contributed by atoms with Gasteiger partial charge in [0.2, 0.25) is 5.78 Å². The molecule has 1 N–H and O–H groups in total. The molecule has 0 aliphatic heterocycles. The van der Waals surface area contributed by atoms with Crippen molar-refractivity contribution in [1.29, 1.82) is 0 Å². The number of hydrogen-bond acceptors (Lipinski definition) is 5. The number of fused-ring (bicyclic) bond motifs is 3. The van der Waals surface area contributed by atoms with Crippen LogP contribution in [0.3, 0.4) is 0 Å². The maximum atomic E-state index is 13.5. The molecule has 1 aliphatic rings. The summed E-state index contributed by atoms with van der Waals surface area (Å²) in [5.41, 5.74) is 1.32. The molecule has 9 heteroatoms. The van der Waals surface area contributed by atoms with Crippen LogP contribution in [-0.2, 0) is 6.54 Å². The Kier molecular flexibility index (Phi) is 6.54. The van der Waals surface area contributed by atoms with Crippen molar-refractivity contribution in [2.24, 2.45) is 0 Å². The number of Topliss-reactive ketones (excluding diaryl/α,β-unsaturated/α-hetero) is 1. The minimum atomic E-state index is -0.542. The van der Waals surface area contributed by atoms with E-state index in [2.05, 4.69) is 10.4 Å². The number of carbonyl (C=O) groups is 2. The number of aromatic nitrogens is 4. The van der Waals surface area contributed by atoms with Crippen LogP contribution < -0.4 is 16.6 Å². The molecule has 192 valence electrons. The summed E-state index contributed by atoms with van der Waals surface area (Å²) < 4.78 is 3.86. The molecule has 0 spiro atoms. The van der Waals surface area contributed by atoms with Gasteiger partial charge in [-0.3, -0.25) is 19.0 Å². The molecular formula is C28H31N5O4. The molecule has 0 atom stereocenters. The van der Waals surface area contributed by atoms with Gasteiger partial charge in [-0.2, -0.15) is 0 Å². The second-order valence-corrected chi connectivity index (χ2v) is 10.2. The van der Waals surface area contributed by atoms with Crippen LogP contribution in [0.1, 0.15) is 78.3 Å². The van der Waals surface area contributed by atoms with Crippen LogP contribution in [0.15, 0.2) is 52.1 Å². The van der Waals surface area contributed by atoms with Gasteiger partial charge in [0.1, 0.15) is 6.54 Å². The van der Waals surface area contributed by atoms with Crippen molar-refractivity contribution in [1.82, 2.24) is 24.1 Å². The van der Waals surface area contributed by atoms with Gasteiger partial charge in [-0.15, -0.1) is 5.10 Å². The van der Waals surface area contributed by atoms with Crippen molar-refractivity contribution in [2.75, 3.05) is 0 Å². The zero-order valence-electron chi connectivity index (χ0n) is 21.4. The first-order chi connectivity index (χ1) is 17.7. The number of nitrogens with zero attached hydrogens (tertiary/aromatic N) is 4. The monoisotopic (exact) mass is 501 g/mol. The van der Waals surface area contributed by atoms with Crippen molar-refractivity contribution < 1.29 is 9.59 Å². The molecule has 9 nitrogen and oxygen atoms in total. The molecular weight excluding hydrogens is 470 g/mol. The van der Waals surface area contributed by atoms with E-state index >= 15 is 0 Å². The Hall–Kier alpha value is -4.01. The lowest BCUT2D eigenvalue weighted by molar-refractivity contribution is 0.0926. The second kappa shape index (κ2) is 9.80. The molecule has 0 unspecified atom stereocenters. The molecule has 0 saturated heterocycles. The third-order valence-corrected chi connectivity index (χ3v) is 7.11. The zero-order chi connectivity index (χ0) is 26.3. The van der Waals surface area contributed by atoms with Gasteiger partial charge in [-0.25, -0.2) is 13.9 Å². The Labute approximate surface area is 213 Å². The van der Waals surface area contributed by atoms with Crippen molar-refractivity contribution in [3.63, 3.8) is 0 Å². The predicted octanol–water partition coefficient (Wildman–Crippen LogP) is 3.65. The Morgan fingerprint density at radius 3 is 2.35 bits per heavy atom. The predicted molar refractivity (Wildman–Crippen MR) is 141 cm³/mol. The number of aryl methyl sites for hydroxylation is 1. The molecule has 2 heterocycles. The number of rotatable bonds is 6. The van der Waals surface area contributed by atoms with E-state index in [1.807, 2.05) is 32.9 Å². The van der Waals surface area contributed by atoms with Crippen molar-refractivity contribution in [3.05, 3.63) is 80.0 Å². The maximum Gasteiger partial charge on any atom is 0.352 e. The first-order valence-corrected chi connectivity index (χ1v) is 12.8. The van der Waals surface area contributed by atoms with Crippen LogP contribution >= 0.6 is 0 Å². The third kappa shape index (κ3) is 4.61. The summed E-state index contributed by atoms with van der Waals surface area (Å²) in [5, 5.41) is 7.80. The van der Waals surface area contributed by atoms with E-state index in [-0.39, 0.29) is 41.7 Å². The summed E-state index contributed by atoms with van der Waals surface area (Å²) in [5.74, 6) is -0.357. The number of carbonyl (C=O) groups excluding carboxylic acids is 2. The average Bonchev–Trinajstić information content (AvgIpc) is 3.19. The fraction of sp³-hybridized carbons (Fsp3) is 0.393. The van der Waals surface area contributed by atoms with Crippen molar-refractivity contribution >= 4 is 28.4 Å². The lowest BCUT2D eigenvalue weighted by atomic mass is 9.95. The molecule has 1 saturated carbocycles. The number of ketones is 1. The largest absolute Gasteiger partial charge is 0.352 e. The first-order valence-electron chi connectivity index (χ1n) is 12.8. The first kappa shape index (κ1) is 24.7. The van der Waals surface area contributed by atoms with Gasteiger partial charge in [0.05, 0.1) is 10.9 Å². The van der Waals surface area contributed by atoms with E-state index in [9.17, 15) is 19.2 Å². The fourth-order valence-electron chi connectivity index (χ4n) is 5.07. The normalized spacial score (nSPS) is 14.5. The summed E-state index contributed by atoms with van der Waals surface area (Å²) in [4.78, 5) is 52.9. The summed E-state index contributed by atoms with van der Waals surface area (Å²) in [7, 11) is 0. The van der Waals surface area contributed by atoms with E-state index < -0.39 is 5.69 Å². The van der Waals surface area contributed by atoms with Crippen LogP contribution in [0.2, 0.25) is 0 Å². The molecule has 2 aromatic heterocycles. The van der Waals surface area contributed by atoms with Gasteiger partial charge in [0.25, 0.3) is 11.5 Å². The van der Waals surface area contributed by atoms with Crippen LogP contribution in [-0.4, -0.2) is 36.5 Å². The molecule has 0 radical (unpaired) electrons. The minimum absolute atomic E-state index is 0.129. The van der Waals surface area contributed by atoms with Crippen LogP contribution in [0.5, 0.6) is 0 Å². The summed E-state index contributed by atoms with van der Waals surface area (Å²) >= 11 is 0. The summed E-state index contributed by atoms with van der Waals surface area (Å²) in [6, 6.07) is 11.7. The molecule has 1 fully saturated rings. The molecule has 1 amide bonds. The summed E-state index contributed by atoms with van der Waals surface area (Å²) in [6.07, 6.45) is 5.26. The number of amides is 1. The smallest absolute Gasteiger partial charge is 0.349 e. The lowest BCUT2D eigenvalue weighted by Gasteiger charge is -2.22. The average molecular weight is 502 g/mol. The van der Waals surface area contributed by atoms with Crippen LogP contribution in [0.4, 0.5) is 0 Å². The third-order valence-electron chi connectivity index (χ3n) is 7.11. The maximum absolute atomic E-state index is 13.5. The Balaban J connectivity index is 1.61. The minimum Gasteiger partial charge on any atom is -0.349 e. The molecule has 2 aromatic carbocycles. The van der Waals surface area contributed by atoms with Gasteiger partial charge in [-0.05, 0) is 51.8 Å². The standard InChI is InChI=1S/C28H31N5O4/c1-17(2)32-26(36)22-14-13-20(25(35)29-21-7-5-4-6-8-21)15-23(22)33-27(32)30-31(28(33)37)16-24(34)19-11-9-18(3)10-12-19/h9-15,17,21H,4-8,16H2,1-3H3,(H,29,35). The molecule has 0 bridgehead atoms. The van der Waals surface area contributed by atoms with E-state index in [1.165, 1.54) is 15.4 Å². The van der Waals surface area contributed by atoms with Gasteiger partial charge in [0, 0.05) is 23.2 Å².